The summed E-state index contributed by atoms with van der Waals surface area (Å²) in [6.07, 6.45) is 0. The summed E-state index contributed by atoms with van der Waals surface area (Å²) in [6, 6.07) is 4.77. The minimum atomic E-state index is -1.00. The first-order valence-electron chi connectivity index (χ1n) is 3.89. The van der Waals surface area contributed by atoms with Crippen molar-refractivity contribution in [1.29, 1.82) is 0 Å². The molecule has 72 valence electrons. The zero-order valence-electron chi connectivity index (χ0n) is 7.04. The standard InChI is InChI=1S/C9H7ClN2O2/c10-5-3-7-4(1-6(5)11)2-8(12-7)9(13)14/h1-3,12H,11H2,(H,13,14). The summed E-state index contributed by atoms with van der Waals surface area (Å²) in [5, 5.41) is 9.88. The highest BCUT2D eigenvalue weighted by Crippen LogP contribution is 2.26. The molecule has 0 aliphatic heterocycles. The molecule has 0 saturated carbocycles. The molecule has 4 nitrogen and oxygen atoms in total. The molecule has 14 heavy (non-hydrogen) atoms. The predicted octanol–water partition coefficient (Wildman–Crippen LogP) is 2.10. The fraction of sp³-hybridized carbons (Fsp3) is 0. The summed E-state index contributed by atoms with van der Waals surface area (Å²) >= 11 is 5.78. The Morgan fingerprint density at radius 2 is 2.14 bits per heavy atom. The molecule has 1 heterocycles. The van der Waals surface area contributed by atoms with E-state index in [-0.39, 0.29) is 5.69 Å². The highest BCUT2D eigenvalue weighted by Gasteiger charge is 2.08. The van der Waals surface area contributed by atoms with Gasteiger partial charge in [0.1, 0.15) is 5.69 Å². The van der Waals surface area contributed by atoms with Crippen molar-refractivity contribution in [3.05, 3.63) is 28.9 Å². The average Bonchev–Trinajstić information content (AvgIpc) is 2.48. The molecule has 0 spiro atoms. The van der Waals surface area contributed by atoms with Crippen LogP contribution in [0.15, 0.2) is 18.2 Å². The van der Waals surface area contributed by atoms with Gasteiger partial charge in [-0.3, -0.25) is 0 Å². The zero-order chi connectivity index (χ0) is 10.3. The Kier molecular flexibility index (Phi) is 1.86. The van der Waals surface area contributed by atoms with Gasteiger partial charge < -0.3 is 15.8 Å². The number of nitrogens with one attached hydrogen (secondary N) is 1. The number of fused-ring (bicyclic) bond motifs is 1. The smallest absolute Gasteiger partial charge is 0.352 e. The van der Waals surface area contributed by atoms with E-state index in [4.69, 9.17) is 22.4 Å². The largest absolute Gasteiger partial charge is 0.477 e. The minimum Gasteiger partial charge on any atom is -0.477 e. The van der Waals surface area contributed by atoms with Gasteiger partial charge in [0.05, 0.1) is 10.7 Å². The van der Waals surface area contributed by atoms with Crippen molar-refractivity contribution >= 4 is 34.2 Å². The second kappa shape index (κ2) is 2.92. The summed E-state index contributed by atoms with van der Waals surface area (Å²) in [7, 11) is 0. The van der Waals surface area contributed by atoms with E-state index in [1.54, 1.807) is 12.1 Å². The molecule has 0 aliphatic carbocycles. The van der Waals surface area contributed by atoms with Crippen LogP contribution >= 0.6 is 11.6 Å². The summed E-state index contributed by atoms with van der Waals surface area (Å²) in [5.41, 5.74) is 6.81. The van der Waals surface area contributed by atoms with E-state index in [2.05, 4.69) is 4.98 Å². The summed E-state index contributed by atoms with van der Waals surface area (Å²) in [6.45, 7) is 0. The van der Waals surface area contributed by atoms with Crippen LogP contribution < -0.4 is 5.73 Å². The van der Waals surface area contributed by atoms with Crippen molar-refractivity contribution < 1.29 is 9.90 Å². The number of hydrogen-bond acceptors (Lipinski definition) is 2. The number of H-pyrrole nitrogens is 1. The molecule has 0 radical (unpaired) electrons. The van der Waals surface area contributed by atoms with E-state index < -0.39 is 5.97 Å². The van der Waals surface area contributed by atoms with E-state index in [1.165, 1.54) is 6.07 Å². The quantitative estimate of drug-likeness (QED) is 0.631. The first kappa shape index (κ1) is 8.90. The van der Waals surface area contributed by atoms with Gasteiger partial charge in [-0.15, -0.1) is 0 Å². The maximum absolute atomic E-state index is 10.6. The van der Waals surface area contributed by atoms with Gasteiger partial charge in [-0.25, -0.2) is 4.79 Å². The minimum absolute atomic E-state index is 0.127. The molecule has 0 saturated heterocycles. The molecule has 2 aromatic rings. The van der Waals surface area contributed by atoms with E-state index in [0.717, 1.165) is 5.39 Å². The molecule has 0 fully saturated rings. The Hall–Kier alpha value is -1.68. The van der Waals surface area contributed by atoms with Crippen molar-refractivity contribution in [1.82, 2.24) is 4.98 Å². The van der Waals surface area contributed by atoms with Crippen LogP contribution in [0.2, 0.25) is 5.02 Å². The third-order valence-electron chi connectivity index (χ3n) is 1.97. The van der Waals surface area contributed by atoms with Gasteiger partial charge in [0.2, 0.25) is 0 Å². The maximum atomic E-state index is 10.6. The molecule has 4 N–H and O–H groups in total. The Morgan fingerprint density at radius 1 is 1.43 bits per heavy atom. The Bertz CT molecular complexity index is 480. The molecule has 1 aromatic heterocycles. The zero-order valence-corrected chi connectivity index (χ0v) is 7.80. The lowest BCUT2D eigenvalue weighted by molar-refractivity contribution is 0.0691. The van der Waals surface area contributed by atoms with Crippen LogP contribution in [-0.4, -0.2) is 16.1 Å². The molecule has 5 heteroatoms. The number of aromatic nitrogens is 1. The second-order valence-electron chi connectivity index (χ2n) is 2.95. The molecule has 0 amide bonds. The monoisotopic (exact) mass is 210 g/mol. The molecule has 0 bridgehead atoms. The van der Waals surface area contributed by atoms with Gasteiger partial charge in [-0.1, -0.05) is 11.6 Å². The molecule has 0 atom stereocenters. The lowest BCUT2D eigenvalue weighted by Gasteiger charge is -1.96. The number of anilines is 1. The Balaban J connectivity index is 2.72. The highest BCUT2D eigenvalue weighted by atomic mass is 35.5. The number of carboxylic acid groups (broad SMARTS) is 1. The maximum Gasteiger partial charge on any atom is 0.352 e. The van der Waals surface area contributed by atoms with Crippen molar-refractivity contribution in [2.75, 3.05) is 5.73 Å². The summed E-state index contributed by atoms with van der Waals surface area (Å²) in [4.78, 5) is 13.4. The lowest BCUT2D eigenvalue weighted by Crippen LogP contribution is -1.94. The highest BCUT2D eigenvalue weighted by molar-refractivity contribution is 6.33. The number of nitrogens with two attached hydrogens (primary N) is 1. The third kappa shape index (κ3) is 1.29. The first-order chi connectivity index (χ1) is 6.58. The number of benzene rings is 1. The van der Waals surface area contributed by atoms with E-state index in [1.807, 2.05) is 0 Å². The van der Waals surface area contributed by atoms with Crippen molar-refractivity contribution in [2.24, 2.45) is 0 Å². The number of carboxylic acids is 1. The normalized spacial score (nSPS) is 10.6. The van der Waals surface area contributed by atoms with Crippen LogP contribution in [0.5, 0.6) is 0 Å². The number of rotatable bonds is 1. The van der Waals surface area contributed by atoms with Crippen LogP contribution in [-0.2, 0) is 0 Å². The first-order valence-corrected chi connectivity index (χ1v) is 4.27. The number of halogens is 1. The van der Waals surface area contributed by atoms with Crippen LogP contribution in [0, 0.1) is 0 Å². The van der Waals surface area contributed by atoms with E-state index in [0.29, 0.717) is 16.2 Å². The predicted molar refractivity (Wildman–Crippen MR) is 54.7 cm³/mol. The van der Waals surface area contributed by atoms with Crippen molar-refractivity contribution in [2.45, 2.75) is 0 Å². The summed E-state index contributed by atoms with van der Waals surface area (Å²) in [5.74, 6) is -1.00. The van der Waals surface area contributed by atoms with Crippen molar-refractivity contribution in [3.8, 4) is 0 Å². The molecular formula is C9H7ClN2O2. The Morgan fingerprint density at radius 3 is 2.79 bits per heavy atom. The molecular weight excluding hydrogens is 204 g/mol. The van der Waals surface area contributed by atoms with Gasteiger partial charge >= 0.3 is 5.97 Å². The second-order valence-corrected chi connectivity index (χ2v) is 3.36. The fourth-order valence-electron chi connectivity index (χ4n) is 1.29. The number of carbonyl (C=O) groups is 1. The van der Waals surface area contributed by atoms with Crippen LogP contribution in [0.25, 0.3) is 10.9 Å². The van der Waals surface area contributed by atoms with Gasteiger partial charge in [0.25, 0.3) is 0 Å². The third-order valence-corrected chi connectivity index (χ3v) is 2.30. The average molecular weight is 211 g/mol. The molecule has 0 aliphatic rings. The van der Waals surface area contributed by atoms with Crippen molar-refractivity contribution in [3.63, 3.8) is 0 Å². The van der Waals surface area contributed by atoms with Crippen LogP contribution in [0.4, 0.5) is 5.69 Å². The fourth-order valence-corrected chi connectivity index (χ4v) is 1.45. The number of aromatic carboxylic acids is 1. The summed E-state index contributed by atoms with van der Waals surface area (Å²) < 4.78 is 0. The topological polar surface area (TPSA) is 79.1 Å². The molecule has 1 aromatic carbocycles. The van der Waals surface area contributed by atoms with Gasteiger partial charge in [-0.2, -0.15) is 0 Å². The van der Waals surface area contributed by atoms with Crippen LogP contribution in [0.3, 0.4) is 0 Å². The Labute approximate surface area is 84.3 Å². The number of hydrogen-bond donors (Lipinski definition) is 3. The SMILES string of the molecule is Nc1cc2cc(C(=O)O)[nH]c2cc1Cl. The number of nitrogen functional groups attached to an aromatic ring is 1. The van der Waals surface area contributed by atoms with Gasteiger partial charge in [0, 0.05) is 10.9 Å². The number of aromatic amines is 1. The lowest BCUT2D eigenvalue weighted by atomic mass is 10.2. The molecule has 2 rings (SSSR count). The van der Waals surface area contributed by atoms with Crippen LogP contribution in [0.1, 0.15) is 10.5 Å². The van der Waals surface area contributed by atoms with Gasteiger partial charge in [0.15, 0.2) is 0 Å². The van der Waals surface area contributed by atoms with E-state index in [9.17, 15) is 4.79 Å². The molecule has 0 unspecified atom stereocenters. The van der Waals surface area contributed by atoms with E-state index >= 15 is 0 Å². The van der Waals surface area contributed by atoms with Gasteiger partial charge in [-0.05, 0) is 18.2 Å².